The maximum atomic E-state index is 14.8. The van der Waals surface area contributed by atoms with Gasteiger partial charge in [-0.05, 0) is 41.5 Å². The molecule has 0 spiro atoms. The molecule has 2 aromatic carbocycles. The molecule has 1 amide bonds. The number of carbonyl (C=O) groups excluding carboxylic acids is 1. The highest BCUT2D eigenvalue weighted by molar-refractivity contribution is 5.81. The van der Waals surface area contributed by atoms with E-state index in [2.05, 4.69) is 22.1 Å². The highest BCUT2D eigenvalue weighted by Gasteiger charge is 2.26. The molecule has 3 aromatic rings. The number of hydrogen-bond acceptors (Lipinski definition) is 2. The number of piperidine rings is 1. The zero-order chi connectivity index (χ0) is 20.9. The second-order valence-electron chi connectivity index (χ2n) is 7.92. The molecule has 1 aliphatic heterocycles. The second kappa shape index (κ2) is 9.39. The molecular weight excluding hydrogens is 384 g/mol. The van der Waals surface area contributed by atoms with Crippen molar-refractivity contribution in [3.63, 3.8) is 0 Å². The fraction of sp³-hybridized carbons (Fsp3) is 0.375. The molecule has 0 bridgehead atoms. The topological polar surface area (TPSA) is 37.3 Å². The number of fused-ring (bicyclic) bond motifs is 1. The first kappa shape index (κ1) is 20.5. The summed E-state index contributed by atoms with van der Waals surface area (Å²) in [5.41, 5.74) is 3.06. The number of likely N-dealkylation sites (tertiary alicyclic amines) is 1. The van der Waals surface area contributed by atoms with Gasteiger partial charge in [-0.2, -0.15) is 0 Å². The zero-order valence-electron chi connectivity index (χ0n) is 16.9. The van der Waals surface area contributed by atoms with Crippen LogP contribution in [0.2, 0.25) is 0 Å². The smallest absolute Gasteiger partial charge is 0.251 e. The van der Waals surface area contributed by atoms with E-state index in [1.54, 1.807) is 0 Å². The van der Waals surface area contributed by atoms with Crippen molar-refractivity contribution in [3.05, 3.63) is 71.9 Å². The molecule has 158 valence electrons. The molecule has 1 aromatic heterocycles. The van der Waals surface area contributed by atoms with Gasteiger partial charge in [-0.3, -0.25) is 9.69 Å². The summed E-state index contributed by atoms with van der Waals surface area (Å²) in [5.74, 6) is -0.603. The number of hydrogen-bond donors (Lipinski definition) is 1. The van der Waals surface area contributed by atoms with Crippen LogP contribution in [0.15, 0.2) is 60.8 Å². The molecule has 1 N–H and O–H groups in total. The van der Waals surface area contributed by atoms with Crippen LogP contribution in [0.25, 0.3) is 10.9 Å². The van der Waals surface area contributed by atoms with Gasteiger partial charge in [0, 0.05) is 43.8 Å². The van der Waals surface area contributed by atoms with Crippen LogP contribution < -0.4 is 5.32 Å². The van der Waals surface area contributed by atoms with Crippen LogP contribution in [0.5, 0.6) is 0 Å². The van der Waals surface area contributed by atoms with Gasteiger partial charge in [0.15, 0.2) is 13.0 Å². The summed E-state index contributed by atoms with van der Waals surface area (Å²) in [6.07, 6.45) is 3.34. The molecule has 1 aliphatic rings. The van der Waals surface area contributed by atoms with Crippen molar-refractivity contribution in [1.82, 2.24) is 14.8 Å². The fourth-order valence-corrected chi connectivity index (χ4v) is 4.25. The average Bonchev–Trinajstić information content (AvgIpc) is 3.21. The van der Waals surface area contributed by atoms with E-state index >= 15 is 0 Å². The lowest BCUT2D eigenvalue weighted by Crippen LogP contribution is -2.40. The standard InChI is InChI=1S/C24H27F2N3O/c25-16-24(30)27-17-19-6-7-20-8-13-29(22(20)14-19)21-9-11-28(12-10-21)23(26)15-18-4-2-1-3-5-18/h1-8,13-14,21,23H,9-12,15-17H2,(H,27,30). The quantitative estimate of drug-likeness (QED) is 0.585. The molecule has 1 fully saturated rings. The van der Waals surface area contributed by atoms with Gasteiger partial charge in [0.05, 0.1) is 0 Å². The Morgan fingerprint density at radius 1 is 1.07 bits per heavy atom. The maximum absolute atomic E-state index is 14.8. The minimum Gasteiger partial charge on any atom is -0.350 e. The summed E-state index contributed by atoms with van der Waals surface area (Å²) in [6.45, 7) is 0.761. The van der Waals surface area contributed by atoms with E-state index in [4.69, 9.17) is 0 Å². The van der Waals surface area contributed by atoms with Gasteiger partial charge in [0.1, 0.15) is 0 Å². The minimum absolute atomic E-state index is 0.311. The third-order valence-corrected chi connectivity index (χ3v) is 5.93. The lowest BCUT2D eigenvalue weighted by Gasteiger charge is -2.35. The Kier molecular flexibility index (Phi) is 6.43. The molecule has 0 saturated carbocycles. The van der Waals surface area contributed by atoms with Crippen LogP contribution in [0, 0.1) is 0 Å². The van der Waals surface area contributed by atoms with Gasteiger partial charge in [-0.15, -0.1) is 0 Å². The molecule has 1 unspecified atom stereocenters. The Labute approximate surface area is 175 Å². The van der Waals surface area contributed by atoms with Crippen molar-refractivity contribution < 1.29 is 13.6 Å². The number of benzene rings is 2. The molecule has 6 heteroatoms. The molecule has 0 aliphatic carbocycles. The molecule has 2 heterocycles. The first-order valence-corrected chi connectivity index (χ1v) is 10.5. The van der Waals surface area contributed by atoms with Crippen molar-refractivity contribution in [2.24, 2.45) is 0 Å². The van der Waals surface area contributed by atoms with Gasteiger partial charge in [-0.25, -0.2) is 8.78 Å². The van der Waals surface area contributed by atoms with E-state index < -0.39 is 18.9 Å². The molecule has 30 heavy (non-hydrogen) atoms. The zero-order valence-corrected chi connectivity index (χ0v) is 16.9. The number of amides is 1. The van der Waals surface area contributed by atoms with E-state index in [-0.39, 0.29) is 0 Å². The van der Waals surface area contributed by atoms with Crippen LogP contribution in [0.1, 0.15) is 30.0 Å². The number of rotatable bonds is 7. The van der Waals surface area contributed by atoms with Gasteiger partial charge in [0.2, 0.25) is 0 Å². The van der Waals surface area contributed by atoms with Crippen LogP contribution in [0.3, 0.4) is 0 Å². The highest BCUT2D eigenvalue weighted by atomic mass is 19.1. The van der Waals surface area contributed by atoms with Gasteiger partial charge in [0.25, 0.3) is 5.91 Å². The summed E-state index contributed by atoms with van der Waals surface area (Å²) >= 11 is 0. The van der Waals surface area contributed by atoms with Crippen molar-refractivity contribution in [3.8, 4) is 0 Å². The SMILES string of the molecule is O=C(CF)NCc1ccc2ccn(C3CCN(C(F)Cc4ccccc4)CC3)c2c1. The number of alkyl halides is 2. The van der Waals surface area contributed by atoms with E-state index in [0.717, 1.165) is 48.0 Å². The highest BCUT2D eigenvalue weighted by Crippen LogP contribution is 2.29. The number of halogens is 2. The Hall–Kier alpha value is -2.73. The van der Waals surface area contributed by atoms with Crippen LogP contribution in [-0.2, 0) is 17.8 Å². The lowest BCUT2D eigenvalue weighted by atomic mass is 10.0. The molecular formula is C24H27F2N3O. The molecule has 4 nitrogen and oxygen atoms in total. The predicted molar refractivity (Wildman–Crippen MR) is 115 cm³/mol. The summed E-state index contributed by atoms with van der Waals surface area (Å²) in [5, 5.41) is 3.70. The monoisotopic (exact) mass is 411 g/mol. The first-order chi connectivity index (χ1) is 14.6. The molecule has 0 radical (unpaired) electrons. The van der Waals surface area contributed by atoms with Crippen molar-refractivity contribution in [2.75, 3.05) is 19.8 Å². The normalized spacial score (nSPS) is 16.6. The summed E-state index contributed by atoms with van der Waals surface area (Å²) in [4.78, 5) is 13.1. The van der Waals surface area contributed by atoms with E-state index in [1.165, 1.54) is 0 Å². The van der Waals surface area contributed by atoms with Crippen molar-refractivity contribution in [2.45, 2.75) is 38.1 Å². The van der Waals surface area contributed by atoms with E-state index in [1.807, 2.05) is 53.4 Å². The number of nitrogens with one attached hydrogen (secondary N) is 1. The molecule has 1 atom stereocenters. The Balaban J connectivity index is 1.39. The van der Waals surface area contributed by atoms with Gasteiger partial charge >= 0.3 is 0 Å². The third-order valence-electron chi connectivity index (χ3n) is 5.93. The number of nitrogens with zero attached hydrogens (tertiary/aromatic N) is 2. The van der Waals surface area contributed by atoms with Crippen molar-refractivity contribution >= 4 is 16.8 Å². The summed E-state index contributed by atoms with van der Waals surface area (Å²) < 4.78 is 29.4. The second-order valence-corrected chi connectivity index (χ2v) is 7.92. The minimum atomic E-state index is -1.00. The summed E-state index contributed by atoms with van der Waals surface area (Å²) in [6, 6.07) is 18.2. The number of aromatic nitrogens is 1. The number of carbonyl (C=O) groups is 1. The van der Waals surface area contributed by atoms with Crippen molar-refractivity contribution in [1.29, 1.82) is 0 Å². The predicted octanol–water partition coefficient (Wildman–Crippen LogP) is 4.40. The van der Waals surface area contributed by atoms with E-state index in [0.29, 0.717) is 19.0 Å². The van der Waals surface area contributed by atoms with Crippen LogP contribution >= 0.6 is 0 Å². The Bertz CT molecular complexity index is 981. The Morgan fingerprint density at radius 3 is 2.57 bits per heavy atom. The average molecular weight is 411 g/mol. The van der Waals surface area contributed by atoms with Gasteiger partial charge in [-0.1, -0.05) is 42.5 Å². The Morgan fingerprint density at radius 2 is 1.83 bits per heavy atom. The van der Waals surface area contributed by atoms with E-state index in [9.17, 15) is 13.6 Å². The first-order valence-electron chi connectivity index (χ1n) is 10.5. The lowest BCUT2D eigenvalue weighted by molar-refractivity contribution is -0.122. The fourth-order valence-electron chi connectivity index (χ4n) is 4.25. The molecule has 4 rings (SSSR count). The third kappa shape index (κ3) is 4.70. The molecule has 1 saturated heterocycles. The largest absolute Gasteiger partial charge is 0.350 e. The van der Waals surface area contributed by atoms with Crippen LogP contribution in [-0.4, -0.2) is 41.4 Å². The van der Waals surface area contributed by atoms with Gasteiger partial charge < -0.3 is 9.88 Å². The van der Waals surface area contributed by atoms with Crippen LogP contribution in [0.4, 0.5) is 8.78 Å². The maximum Gasteiger partial charge on any atom is 0.251 e. The summed E-state index contributed by atoms with van der Waals surface area (Å²) in [7, 11) is 0.